The summed E-state index contributed by atoms with van der Waals surface area (Å²) >= 11 is 0. The molecule has 3 aromatic rings. The van der Waals surface area contributed by atoms with Crippen molar-refractivity contribution in [1.29, 1.82) is 0 Å². The highest BCUT2D eigenvalue weighted by Crippen LogP contribution is 2.22. The van der Waals surface area contributed by atoms with Crippen molar-refractivity contribution in [2.75, 3.05) is 18.4 Å². The molecular formula is C17H18N6O2. The number of anilines is 1. The van der Waals surface area contributed by atoms with Crippen molar-refractivity contribution in [3.8, 4) is 0 Å². The molecule has 1 amide bonds. The van der Waals surface area contributed by atoms with E-state index in [0.29, 0.717) is 24.5 Å². The number of aromatic amines is 1. The van der Waals surface area contributed by atoms with Crippen LogP contribution in [0, 0.1) is 0 Å². The summed E-state index contributed by atoms with van der Waals surface area (Å²) in [4.78, 5) is 29.6. The van der Waals surface area contributed by atoms with Gasteiger partial charge in [0, 0.05) is 25.5 Å². The number of carbonyl (C=O) groups excluding carboxylic acids is 1. The number of β-amino-alcohol motifs (C(OH)–C–C–N with tert-alkyl or cyclic N) is 1. The van der Waals surface area contributed by atoms with E-state index >= 15 is 0 Å². The summed E-state index contributed by atoms with van der Waals surface area (Å²) in [7, 11) is 0. The lowest BCUT2D eigenvalue weighted by molar-refractivity contribution is 0.0421. The van der Waals surface area contributed by atoms with Crippen LogP contribution < -0.4 is 5.32 Å². The van der Waals surface area contributed by atoms with Gasteiger partial charge in [-0.05, 0) is 24.6 Å². The maximum atomic E-state index is 12.5. The molecule has 2 atom stereocenters. The van der Waals surface area contributed by atoms with E-state index < -0.39 is 6.10 Å². The predicted octanol–water partition coefficient (Wildman–Crippen LogP) is 1.04. The van der Waals surface area contributed by atoms with Gasteiger partial charge in [-0.3, -0.25) is 9.78 Å². The number of fused-ring (bicyclic) bond motifs is 1. The molecule has 0 spiro atoms. The van der Waals surface area contributed by atoms with Crippen LogP contribution in [0.25, 0.3) is 11.0 Å². The molecule has 0 aliphatic carbocycles. The molecule has 1 aliphatic heterocycles. The number of H-pyrrole nitrogens is 1. The fraction of sp³-hybridized carbons (Fsp3) is 0.294. The molecule has 8 nitrogen and oxygen atoms in total. The molecule has 4 heterocycles. The molecule has 1 fully saturated rings. The van der Waals surface area contributed by atoms with Gasteiger partial charge in [0.15, 0.2) is 0 Å². The minimum absolute atomic E-state index is 0.159. The van der Waals surface area contributed by atoms with Gasteiger partial charge >= 0.3 is 0 Å². The number of nitrogens with zero attached hydrogens (tertiary/aromatic N) is 4. The standard InChI is InChI=1S/C17H18N6O2/c24-14-9-23(17(25)13-3-1-2-6-18-13)8-5-12(14)22-16-11-4-7-19-15(11)20-10-21-16/h1-4,6-7,10,12,14,24H,5,8-9H2,(H2,19,20,21,22)/t12-,14-/m1/s1. The number of carbonyl (C=O) groups is 1. The summed E-state index contributed by atoms with van der Waals surface area (Å²) in [6, 6.07) is 6.94. The van der Waals surface area contributed by atoms with E-state index in [1.54, 1.807) is 35.5 Å². The van der Waals surface area contributed by atoms with Crippen molar-refractivity contribution in [3.63, 3.8) is 0 Å². The van der Waals surface area contributed by atoms with Crippen LogP contribution in [0.2, 0.25) is 0 Å². The Morgan fingerprint density at radius 3 is 3.00 bits per heavy atom. The summed E-state index contributed by atoms with van der Waals surface area (Å²) in [5.74, 6) is 0.521. The molecular weight excluding hydrogens is 320 g/mol. The largest absolute Gasteiger partial charge is 0.389 e. The van der Waals surface area contributed by atoms with Gasteiger partial charge in [0.05, 0.1) is 17.5 Å². The van der Waals surface area contributed by atoms with Gasteiger partial charge in [-0.15, -0.1) is 0 Å². The molecule has 3 aromatic heterocycles. The highest BCUT2D eigenvalue weighted by Gasteiger charge is 2.31. The molecule has 0 saturated carbocycles. The third-order valence-corrected chi connectivity index (χ3v) is 4.43. The Morgan fingerprint density at radius 1 is 1.28 bits per heavy atom. The fourth-order valence-electron chi connectivity index (χ4n) is 3.10. The molecule has 1 saturated heterocycles. The minimum atomic E-state index is -0.689. The second kappa shape index (κ2) is 6.48. The number of aliphatic hydroxyl groups is 1. The van der Waals surface area contributed by atoms with Crippen LogP contribution in [0.3, 0.4) is 0 Å². The Balaban J connectivity index is 1.45. The second-order valence-corrected chi connectivity index (χ2v) is 6.04. The number of rotatable bonds is 3. The van der Waals surface area contributed by atoms with E-state index in [-0.39, 0.29) is 18.5 Å². The van der Waals surface area contributed by atoms with Gasteiger partial charge in [-0.1, -0.05) is 6.07 Å². The SMILES string of the molecule is O=C(c1ccccn1)N1CC[C@@H](Nc2ncnc3[nH]ccc23)[C@H](O)C1. The normalized spacial score (nSPS) is 20.6. The van der Waals surface area contributed by atoms with Gasteiger partial charge in [-0.25, -0.2) is 9.97 Å². The molecule has 8 heteroatoms. The van der Waals surface area contributed by atoms with Gasteiger partial charge in [-0.2, -0.15) is 0 Å². The first-order valence-electron chi connectivity index (χ1n) is 8.15. The first kappa shape index (κ1) is 15.5. The van der Waals surface area contributed by atoms with Crippen LogP contribution in [-0.4, -0.2) is 61.1 Å². The van der Waals surface area contributed by atoms with Crippen LogP contribution in [-0.2, 0) is 0 Å². The Bertz CT molecular complexity index is 881. The molecule has 0 unspecified atom stereocenters. The highest BCUT2D eigenvalue weighted by molar-refractivity contribution is 5.92. The Kier molecular flexibility index (Phi) is 4.02. The number of amides is 1. The molecule has 1 aliphatic rings. The fourth-order valence-corrected chi connectivity index (χ4v) is 3.10. The molecule has 3 N–H and O–H groups in total. The topological polar surface area (TPSA) is 107 Å². The van der Waals surface area contributed by atoms with Crippen molar-refractivity contribution < 1.29 is 9.90 Å². The van der Waals surface area contributed by atoms with Crippen molar-refractivity contribution in [2.24, 2.45) is 0 Å². The highest BCUT2D eigenvalue weighted by atomic mass is 16.3. The Morgan fingerprint density at radius 2 is 2.20 bits per heavy atom. The van der Waals surface area contributed by atoms with Crippen molar-refractivity contribution in [2.45, 2.75) is 18.6 Å². The zero-order valence-electron chi connectivity index (χ0n) is 13.5. The van der Waals surface area contributed by atoms with Crippen LogP contribution >= 0.6 is 0 Å². The van der Waals surface area contributed by atoms with Gasteiger partial charge in [0.25, 0.3) is 5.91 Å². The number of hydrogen-bond donors (Lipinski definition) is 3. The van der Waals surface area contributed by atoms with Crippen molar-refractivity contribution in [1.82, 2.24) is 24.8 Å². The predicted molar refractivity (Wildman–Crippen MR) is 92.1 cm³/mol. The van der Waals surface area contributed by atoms with Crippen LogP contribution in [0.1, 0.15) is 16.9 Å². The first-order chi connectivity index (χ1) is 12.2. The smallest absolute Gasteiger partial charge is 0.272 e. The third kappa shape index (κ3) is 3.03. The summed E-state index contributed by atoms with van der Waals surface area (Å²) in [6.07, 6.45) is 4.80. The van der Waals surface area contributed by atoms with Gasteiger partial charge in [0.2, 0.25) is 0 Å². The maximum absolute atomic E-state index is 12.5. The van der Waals surface area contributed by atoms with Gasteiger partial charge in [0.1, 0.15) is 23.5 Å². The molecule has 0 radical (unpaired) electrons. The lowest BCUT2D eigenvalue weighted by Crippen LogP contribution is -2.51. The number of pyridine rings is 1. The number of piperidine rings is 1. The zero-order valence-corrected chi connectivity index (χ0v) is 13.5. The average molecular weight is 338 g/mol. The van der Waals surface area contributed by atoms with E-state index in [9.17, 15) is 9.90 Å². The van der Waals surface area contributed by atoms with Crippen molar-refractivity contribution >= 4 is 22.8 Å². The number of hydrogen-bond acceptors (Lipinski definition) is 6. The van der Waals surface area contributed by atoms with Gasteiger partial charge < -0.3 is 20.3 Å². The molecule has 4 rings (SSSR count). The monoisotopic (exact) mass is 338 g/mol. The van der Waals surface area contributed by atoms with E-state index in [1.165, 1.54) is 6.33 Å². The van der Waals surface area contributed by atoms with E-state index in [4.69, 9.17) is 0 Å². The lowest BCUT2D eigenvalue weighted by atomic mass is 10.0. The Hall–Kier alpha value is -3.00. The summed E-state index contributed by atoms with van der Waals surface area (Å²) in [5, 5.41) is 14.7. The van der Waals surface area contributed by atoms with E-state index in [2.05, 4.69) is 25.3 Å². The number of likely N-dealkylation sites (tertiary alicyclic amines) is 1. The zero-order chi connectivity index (χ0) is 17.2. The number of nitrogens with one attached hydrogen (secondary N) is 2. The number of aliphatic hydroxyl groups excluding tert-OH is 1. The van der Waals surface area contributed by atoms with E-state index in [1.807, 2.05) is 6.07 Å². The lowest BCUT2D eigenvalue weighted by Gasteiger charge is -2.36. The van der Waals surface area contributed by atoms with Crippen LogP contribution in [0.15, 0.2) is 43.0 Å². The van der Waals surface area contributed by atoms with Crippen molar-refractivity contribution in [3.05, 3.63) is 48.7 Å². The first-order valence-corrected chi connectivity index (χ1v) is 8.15. The maximum Gasteiger partial charge on any atom is 0.272 e. The molecule has 128 valence electrons. The quantitative estimate of drug-likeness (QED) is 0.659. The van der Waals surface area contributed by atoms with E-state index in [0.717, 1.165) is 11.0 Å². The third-order valence-electron chi connectivity index (χ3n) is 4.43. The Labute approximate surface area is 143 Å². The molecule has 25 heavy (non-hydrogen) atoms. The summed E-state index contributed by atoms with van der Waals surface area (Å²) < 4.78 is 0. The second-order valence-electron chi connectivity index (χ2n) is 6.04. The number of aromatic nitrogens is 4. The molecule has 0 bridgehead atoms. The summed E-state index contributed by atoms with van der Waals surface area (Å²) in [5.41, 5.74) is 1.14. The molecule has 0 aromatic carbocycles. The average Bonchev–Trinajstić information content (AvgIpc) is 3.13. The minimum Gasteiger partial charge on any atom is -0.389 e. The summed E-state index contributed by atoms with van der Waals surface area (Å²) in [6.45, 7) is 0.805. The van der Waals surface area contributed by atoms with Crippen LogP contribution in [0.5, 0.6) is 0 Å². The van der Waals surface area contributed by atoms with Crippen LogP contribution in [0.4, 0.5) is 5.82 Å².